The number of rotatable bonds is 5. The van der Waals surface area contributed by atoms with Crippen molar-refractivity contribution in [2.45, 2.75) is 17.7 Å². The van der Waals surface area contributed by atoms with Gasteiger partial charge in [0.05, 0.1) is 4.90 Å². The molecule has 0 bridgehead atoms. The van der Waals surface area contributed by atoms with Gasteiger partial charge in [-0.25, -0.2) is 12.8 Å². The number of sulfonamides is 1. The van der Waals surface area contributed by atoms with Gasteiger partial charge in [-0.1, -0.05) is 18.2 Å². The SMILES string of the molecule is O=C(/C=C\c1cccc(F)c1)c1ccc(S(=O)(=O)N2CCCC2)cc1. The first-order valence-electron chi connectivity index (χ1n) is 8.05. The predicted molar refractivity (Wildman–Crippen MR) is 94.2 cm³/mol. The van der Waals surface area contributed by atoms with E-state index < -0.39 is 10.0 Å². The molecule has 130 valence electrons. The molecule has 3 rings (SSSR count). The van der Waals surface area contributed by atoms with Gasteiger partial charge in [0.2, 0.25) is 10.0 Å². The molecule has 2 aromatic carbocycles. The Morgan fingerprint density at radius 3 is 2.36 bits per heavy atom. The summed E-state index contributed by atoms with van der Waals surface area (Å²) in [7, 11) is -3.48. The number of allylic oxidation sites excluding steroid dienone is 1. The van der Waals surface area contributed by atoms with Crippen molar-refractivity contribution in [2.75, 3.05) is 13.1 Å². The minimum Gasteiger partial charge on any atom is -0.289 e. The molecular weight excluding hydrogens is 341 g/mol. The third kappa shape index (κ3) is 4.03. The lowest BCUT2D eigenvalue weighted by Gasteiger charge is -2.15. The number of halogens is 1. The molecule has 0 saturated carbocycles. The second-order valence-corrected chi connectivity index (χ2v) is 7.83. The van der Waals surface area contributed by atoms with Gasteiger partial charge < -0.3 is 0 Å². The first kappa shape index (κ1) is 17.5. The second-order valence-electron chi connectivity index (χ2n) is 5.89. The van der Waals surface area contributed by atoms with Gasteiger partial charge in [0.1, 0.15) is 5.82 Å². The number of hydrogen-bond acceptors (Lipinski definition) is 3. The lowest BCUT2D eigenvalue weighted by Crippen LogP contribution is -2.27. The van der Waals surface area contributed by atoms with Crippen LogP contribution in [0.4, 0.5) is 4.39 Å². The van der Waals surface area contributed by atoms with E-state index in [1.165, 1.54) is 52.9 Å². The largest absolute Gasteiger partial charge is 0.289 e. The van der Waals surface area contributed by atoms with Gasteiger partial charge in [-0.15, -0.1) is 0 Å². The number of carbonyl (C=O) groups is 1. The van der Waals surface area contributed by atoms with Crippen LogP contribution in [0.15, 0.2) is 59.5 Å². The maximum Gasteiger partial charge on any atom is 0.243 e. The quantitative estimate of drug-likeness (QED) is 0.606. The van der Waals surface area contributed by atoms with Gasteiger partial charge in [-0.3, -0.25) is 4.79 Å². The molecule has 1 aliphatic rings. The molecule has 1 fully saturated rings. The van der Waals surface area contributed by atoms with Crippen LogP contribution in [0.25, 0.3) is 6.08 Å². The zero-order valence-corrected chi connectivity index (χ0v) is 14.4. The number of ketones is 1. The van der Waals surface area contributed by atoms with E-state index in [4.69, 9.17) is 0 Å². The summed E-state index contributed by atoms with van der Waals surface area (Å²) in [5, 5.41) is 0. The minimum atomic E-state index is -3.48. The first-order valence-corrected chi connectivity index (χ1v) is 9.49. The third-order valence-electron chi connectivity index (χ3n) is 4.12. The topological polar surface area (TPSA) is 54.5 Å². The van der Waals surface area contributed by atoms with Gasteiger partial charge in [0.25, 0.3) is 0 Å². The fourth-order valence-electron chi connectivity index (χ4n) is 2.75. The highest BCUT2D eigenvalue weighted by molar-refractivity contribution is 7.89. The Kier molecular flexibility index (Phi) is 5.11. The summed E-state index contributed by atoms with van der Waals surface area (Å²) < 4.78 is 39.5. The van der Waals surface area contributed by atoms with Crippen LogP contribution in [0.5, 0.6) is 0 Å². The van der Waals surface area contributed by atoms with Crippen LogP contribution in [0.2, 0.25) is 0 Å². The Labute approximate surface area is 146 Å². The van der Waals surface area contributed by atoms with Crippen LogP contribution >= 0.6 is 0 Å². The van der Waals surface area contributed by atoms with Gasteiger partial charge in [-0.05, 0) is 60.9 Å². The van der Waals surface area contributed by atoms with E-state index >= 15 is 0 Å². The lowest BCUT2D eigenvalue weighted by molar-refractivity contribution is 0.104. The zero-order chi connectivity index (χ0) is 17.9. The Hall–Kier alpha value is -2.31. The molecule has 1 heterocycles. The van der Waals surface area contributed by atoms with E-state index in [1.807, 2.05) is 0 Å². The van der Waals surface area contributed by atoms with E-state index in [9.17, 15) is 17.6 Å². The smallest absolute Gasteiger partial charge is 0.243 e. The Bertz CT molecular complexity index is 899. The summed E-state index contributed by atoms with van der Waals surface area (Å²) in [4.78, 5) is 12.4. The molecule has 4 nitrogen and oxygen atoms in total. The van der Waals surface area contributed by atoms with Crippen LogP contribution in [0.3, 0.4) is 0 Å². The summed E-state index contributed by atoms with van der Waals surface area (Å²) in [5.41, 5.74) is 0.967. The Balaban J connectivity index is 1.74. The van der Waals surface area contributed by atoms with E-state index in [0.717, 1.165) is 12.8 Å². The Morgan fingerprint density at radius 1 is 1.04 bits per heavy atom. The summed E-state index contributed by atoms with van der Waals surface area (Å²) >= 11 is 0. The molecule has 1 aliphatic heterocycles. The lowest BCUT2D eigenvalue weighted by atomic mass is 10.1. The van der Waals surface area contributed by atoms with E-state index in [2.05, 4.69) is 0 Å². The highest BCUT2D eigenvalue weighted by Gasteiger charge is 2.26. The minimum absolute atomic E-state index is 0.195. The predicted octanol–water partition coefficient (Wildman–Crippen LogP) is 3.51. The molecule has 6 heteroatoms. The molecular formula is C19H18FNO3S. The van der Waals surface area contributed by atoms with Crippen LogP contribution < -0.4 is 0 Å². The third-order valence-corrected chi connectivity index (χ3v) is 6.03. The molecule has 0 unspecified atom stereocenters. The number of hydrogen-bond donors (Lipinski definition) is 0. The van der Waals surface area contributed by atoms with Gasteiger partial charge >= 0.3 is 0 Å². The monoisotopic (exact) mass is 359 g/mol. The highest BCUT2D eigenvalue weighted by Crippen LogP contribution is 2.21. The molecule has 1 saturated heterocycles. The molecule has 0 radical (unpaired) electrons. The summed E-state index contributed by atoms with van der Waals surface area (Å²) in [6.07, 6.45) is 4.63. The van der Waals surface area contributed by atoms with E-state index in [0.29, 0.717) is 24.2 Å². The molecule has 0 N–H and O–H groups in total. The normalized spacial score (nSPS) is 15.7. The van der Waals surface area contributed by atoms with Crippen molar-refractivity contribution in [3.63, 3.8) is 0 Å². The molecule has 0 aromatic heterocycles. The number of carbonyl (C=O) groups excluding carboxylic acids is 1. The van der Waals surface area contributed by atoms with Gasteiger partial charge in [-0.2, -0.15) is 4.31 Å². The van der Waals surface area contributed by atoms with Crippen molar-refractivity contribution in [3.05, 3.63) is 71.6 Å². The van der Waals surface area contributed by atoms with Crippen LogP contribution in [0.1, 0.15) is 28.8 Å². The maximum atomic E-state index is 13.1. The summed E-state index contributed by atoms with van der Waals surface area (Å²) in [5.74, 6) is -0.638. The number of nitrogens with zero attached hydrogens (tertiary/aromatic N) is 1. The standard InChI is InChI=1S/C19H18FNO3S/c20-17-5-3-4-15(14-17)6-11-19(22)16-7-9-18(10-8-16)25(23,24)21-12-1-2-13-21/h3-11,14H,1-2,12-13H2/b11-6-. The van der Waals surface area contributed by atoms with E-state index in [-0.39, 0.29) is 16.5 Å². The second kappa shape index (κ2) is 7.29. The van der Waals surface area contributed by atoms with Gasteiger partial charge in [0, 0.05) is 18.7 Å². The fourth-order valence-corrected chi connectivity index (χ4v) is 4.26. The van der Waals surface area contributed by atoms with Crippen molar-refractivity contribution < 1.29 is 17.6 Å². The maximum absolute atomic E-state index is 13.1. The summed E-state index contributed by atoms with van der Waals surface area (Å²) in [6.45, 7) is 1.08. The van der Waals surface area contributed by atoms with Crippen molar-refractivity contribution in [1.82, 2.24) is 4.31 Å². The first-order chi connectivity index (χ1) is 12.0. The van der Waals surface area contributed by atoms with Crippen molar-refractivity contribution >= 4 is 21.9 Å². The van der Waals surface area contributed by atoms with Crippen LogP contribution in [0, 0.1) is 5.82 Å². The molecule has 0 atom stereocenters. The van der Waals surface area contributed by atoms with Crippen LogP contribution in [-0.4, -0.2) is 31.6 Å². The van der Waals surface area contributed by atoms with Gasteiger partial charge in [0.15, 0.2) is 5.78 Å². The summed E-state index contributed by atoms with van der Waals surface area (Å²) in [6, 6.07) is 11.8. The van der Waals surface area contributed by atoms with Crippen molar-refractivity contribution in [3.8, 4) is 0 Å². The van der Waals surface area contributed by atoms with Crippen molar-refractivity contribution in [1.29, 1.82) is 0 Å². The van der Waals surface area contributed by atoms with Crippen LogP contribution in [-0.2, 0) is 10.0 Å². The molecule has 0 spiro atoms. The Morgan fingerprint density at radius 2 is 1.72 bits per heavy atom. The highest BCUT2D eigenvalue weighted by atomic mass is 32.2. The van der Waals surface area contributed by atoms with Crippen molar-refractivity contribution in [2.24, 2.45) is 0 Å². The molecule has 0 aliphatic carbocycles. The average Bonchev–Trinajstić information content (AvgIpc) is 3.15. The molecule has 2 aromatic rings. The fraction of sp³-hybridized carbons (Fsp3) is 0.211. The average molecular weight is 359 g/mol. The molecule has 25 heavy (non-hydrogen) atoms. The zero-order valence-electron chi connectivity index (χ0n) is 13.6. The molecule has 0 amide bonds. The van der Waals surface area contributed by atoms with E-state index in [1.54, 1.807) is 12.1 Å². The number of benzene rings is 2.